The Morgan fingerprint density at radius 2 is 1.57 bits per heavy atom. The third-order valence-corrected chi connectivity index (χ3v) is 7.33. The molecule has 1 fully saturated rings. The van der Waals surface area contributed by atoms with E-state index in [4.69, 9.17) is 58.0 Å². The van der Waals surface area contributed by atoms with Crippen LogP contribution in [-0.4, -0.2) is 16.1 Å². The fourth-order valence-electron chi connectivity index (χ4n) is 3.77. The summed E-state index contributed by atoms with van der Waals surface area (Å²) in [5, 5.41) is 5.84. The standard InChI is InChI=1S/C24H15Cl5F2N2O2/c1-10-17(30)4-5-18(21(10)31)33-22(34)15-9-14(2-3-16(15)27)32-23(35)20-19(24(20,28)29)11-6-12(25)8-13(26)7-11/h2-9,19-20H,1H3,(H,32,35)(H,33,34). The van der Waals surface area contributed by atoms with Crippen molar-refractivity contribution >= 4 is 81.2 Å². The van der Waals surface area contributed by atoms with E-state index in [1.807, 2.05) is 0 Å². The topological polar surface area (TPSA) is 58.2 Å². The van der Waals surface area contributed by atoms with Gasteiger partial charge in [-0.3, -0.25) is 9.59 Å². The minimum absolute atomic E-state index is 0.0391. The molecule has 1 aliphatic carbocycles. The highest BCUT2D eigenvalue weighted by Gasteiger charge is 2.67. The molecule has 1 aliphatic rings. The minimum atomic E-state index is -1.39. The average molecular weight is 579 g/mol. The zero-order valence-corrected chi connectivity index (χ0v) is 21.5. The minimum Gasteiger partial charge on any atom is -0.326 e. The van der Waals surface area contributed by atoms with Gasteiger partial charge in [0.15, 0.2) is 5.82 Å². The van der Waals surface area contributed by atoms with Crippen molar-refractivity contribution < 1.29 is 18.4 Å². The van der Waals surface area contributed by atoms with Crippen LogP contribution in [0.2, 0.25) is 15.1 Å². The summed E-state index contributed by atoms with van der Waals surface area (Å²) in [5.41, 5.74) is 0.359. The number of halogens is 7. The summed E-state index contributed by atoms with van der Waals surface area (Å²) in [6, 6.07) is 11.2. The lowest BCUT2D eigenvalue weighted by atomic mass is 10.1. The Bertz CT molecular complexity index is 1350. The van der Waals surface area contributed by atoms with Crippen LogP contribution in [0.1, 0.15) is 27.4 Å². The molecule has 0 aliphatic heterocycles. The van der Waals surface area contributed by atoms with Gasteiger partial charge >= 0.3 is 0 Å². The molecule has 0 saturated heterocycles. The first-order valence-corrected chi connectivity index (χ1v) is 12.0. The van der Waals surface area contributed by atoms with E-state index in [0.717, 1.165) is 12.1 Å². The summed E-state index contributed by atoms with van der Waals surface area (Å²) in [5.74, 6) is -4.26. The fraction of sp³-hybridized carbons (Fsp3) is 0.167. The van der Waals surface area contributed by atoms with Gasteiger partial charge in [0.25, 0.3) is 5.91 Å². The summed E-state index contributed by atoms with van der Waals surface area (Å²) in [7, 11) is 0. The van der Waals surface area contributed by atoms with E-state index in [2.05, 4.69) is 10.6 Å². The lowest BCUT2D eigenvalue weighted by Crippen LogP contribution is -2.18. The molecule has 182 valence electrons. The largest absolute Gasteiger partial charge is 0.326 e. The SMILES string of the molecule is Cc1c(F)ccc(NC(=O)c2cc(NC(=O)C3C(c4cc(Cl)cc(Cl)c4)C3(Cl)Cl)ccc2Cl)c1F. The summed E-state index contributed by atoms with van der Waals surface area (Å²) >= 11 is 31.0. The van der Waals surface area contributed by atoms with E-state index in [9.17, 15) is 18.4 Å². The van der Waals surface area contributed by atoms with E-state index in [1.165, 1.54) is 25.1 Å². The molecule has 2 unspecified atom stereocenters. The van der Waals surface area contributed by atoms with Crippen LogP contribution in [-0.2, 0) is 4.79 Å². The van der Waals surface area contributed by atoms with E-state index in [0.29, 0.717) is 15.6 Å². The highest BCUT2D eigenvalue weighted by molar-refractivity contribution is 6.53. The van der Waals surface area contributed by atoms with Crippen molar-refractivity contribution in [2.75, 3.05) is 10.6 Å². The number of carbonyl (C=O) groups is 2. The molecular weight excluding hydrogens is 564 g/mol. The zero-order chi connectivity index (χ0) is 25.7. The molecule has 2 N–H and O–H groups in total. The van der Waals surface area contributed by atoms with Crippen LogP contribution >= 0.6 is 58.0 Å². The van der Waals surface area contributed by atoms with Crippen LogP contribution in [0.4, 0.5) is 20.2 Å². The number of hydrogen-bond donors (Lipinski definition) is 2. The molecule has 2 amide bonds. The van der Waals surface area contributed by atoms with Crippen molar-refractivity contribution in [3.8, 4) is 0 Å². The van der Waals surface area contributed by atoms with Crippen molar-refractivity contribution in [2.45, 2.75) is 17.2 Å². The van der Waals surface area contributed by atoms with Crippen LogP contribution in [0.25, 0.3) is 0 Å². The second-order valence-electron chi connectivity index (χ2n) is 8.00. The first-order chi connectivity index (χ1) is 16.4. The second kappa shape index (κ2) is 9.75. The van der Waals surface area contributed by atoms with E-state index in [1.54, 1.807) is 18.2 Å². The second-order valence-corrected chi connectivity index (χ2v) is 10.7. The Morgan fingerprint density at radius 3 is 2.23 bits per heavy atom. The lowest BCUT2D eigenvalue weighted by molar-refractivity contribution is -0.117. The van der Waals surface area contributed by atoms with Crippen LogP contribution in [0, 0.1) is 24.5 Å². The van der Waals surface area contributed by atoms with Crippen molar-refractivity contribution in [2.24, 2.45) is 5.92 Å². The van der Waals surface area contributed by atoms with Gasteiger partial charge in [-0.1, -0.05) is 34.8 Å². The first kappa shape index (κ1) is 26.0. The lowest BCUT2D eigenvalue weighted by Gasteiger charge is -2.12. The zero-order valence-electron chi connectivity index (χ0n) is 17.7. The number of hydrogen-bond acceptors (Lipinski definition) is 2. The molecule has 35 heavy (non-hydrogen) atoms. The monoisotopic (exact) mass is 576 g/mol. The molecule has 0 heterocycles. The fourth-order valence-corrected chi connectivity index (χ4v) is 5.34. The highest BCUT2D eigenvalue weighted by Crippen LogP contribution is 2.65. The van der Waals surface area contributed by atoms with Gasteiger partial charge in [-0.05, 0) is 61.0 Å². The van der Waals surface area contributed by atoms with E-state index < -0.39 is 39.6 Å². The van der Waals surface area contributed by atoms with Gasteiger partial charge in [0.1, 0.15) is 10.2 Å². The number of rotatable bonds is 5. The van der Waals surface area contributed by atoms with Crippen LogP contribution in [0.5, 0.6) is 0 Å². The summed E-state index contributed by atoms with van der Waals surface area (Å²) < 4.78 is 26.4. The normalized spacial score (nSPS) is 18.2. The number of alkyl halides is 2. The number of anilines is 2. The molecule has 3 aromatic rings. The van der Waals surface area contributed by atoms with Crippen LogP contribution < -0.4 is 10.6 Å². The van der Waals surface area contributed by atoms with E-state index in [-0.39, 0.29) is 27.5 Å². The molecule has 4 nitrogen and oxygen atoms in total. The average Bonchev–Trinajstić information content (AvgIpc) is 3.36. The third-order valence-electron chi connectivity index (χ3n) is 5.63. The third kappa shape index (κ3) is 5.23. The van der Waals surface area contributed by atoms with Gasteiger partial charge in [-0.25, -0.2) is 8.78 Å². The highest BCUT2D eigenvalue weighted by atomic mass is 35.5. The molecule has 0 aromatic heterocycles. The van der Waals surface area contributed by atoms with E-state index >= 15 is 0 Å². The molecule has 11 heteroatoms. The predicted molar refractivity (Wildman–Crippen MR) is 136 cm³/mol. The Hall–Kier alpha value is -2.09. The Labute approximate surface area is 224 Å². The van der Waals surface area contributed by atoms with Crippen molar-refractivity contribution in [1.29, 1.82) is 0 Å². The predicted octanol–water partition coefficient (Wildman–Crippen LogP) is 8.01. The first-order valence-electron chi connectivity index (χ1n) is 10.1. The maximum absolute atomic E-state index is 14.3. The van der Waals surface area contributed by atoms with Gasteiger partial charge in [0.05, 0.1) is 22.2 Å². The summed E-state index contributed by atoms with van der Waals surface area (Å²) in [4.78, 5) is 25.7. The van der Waals surface area contributed by atoms with Crippen molar-refractivity contribution in [3.63, 3.8) is 0 Å². The van der Waals surface area contributed by atoms with Crippen molar-refractivity contribution in [3.05, 3.63) is 91.9 Å². The van der Waals surface area contributed by atoms with Gasteiger partial charge in [0.2, 0.25) is 5.91 Å². The summed E-state index contributed by atoms with van der Waals surface area (Å²) in [6.45, 7) is 1.25. The molecule has 4 rings (SSSR count). The molecular formula is C24H15Cl5F2N2O2. The molecule has 1 saturated carbocycles. The van der Waals surface area contributed by atoms with Gasteiger partial charge in [-0.15, -0.1) is 23.2 Å². The number of benzene rings is 3. The molecule has 2 atom stereocenters. The smallest absolute Gasteiger partial charge is 0.257 e. The number of nitrogens with one attached hydrogen (secondary N) is 2. The Kier molecular flexibility index (Phi) is 7.24. The quantitative estimate of drug-likeness (QED) is 0.301. The Morgan fingerprint density at radius 1 is 0.914 bits per heavy atom. The van der Waals surface area contributed by atoms with Crippen LogP contribution in [0.15, 0.2) is 48.5 Å². The molecule has 0 bridgehead atoms. The number of amides is 2. The van der Waals surface area contributed by atoms with Crippen LogP contribution in [0.3, 0.4) is 0 Å². The maximum Gasteiger partial charge on any atom is 0.257 e. The number of carbonyl (C=O) groups excluding carboxylic acids is 2. The summed E-state index contributed by atoms with van der Waals surface area (Å²) in [6.07, 6.45) is 0. The van der Waals surface area contributed by atoms with Gasteiger partial charge in [0, 0.05) is 27.2 Å². The maximum atomic E-state index is 14.3. The van der Waals surface area contributed by atoms with Gasteiger partial charge in [-0.2, -0.15) is 0 Å². The molecule has 0 spiro atoms. The van der Waals surface area contributed by atoms with Gasteiger partial charge < -0.3 is 10.6 Å². The molecule has 3 aromatic carbocycles. The Balaban J connectivity index is 1.52. The molecule has 0 radical (unpaired) electrons. The van der Waals surface area contributed by atoms with Crippen molar-refractivity contribution in [1.82, 2.24) is 0 Å².